The first kappa shape index (κ1) is 30.2. The summed E-state index contributed by atoms with van der Waals surface area (Å²) in [5.74, 6) is -1.39. The van der Waals surface area contributed by atoms with E-state index in [1.807, 2.05) is 77.1 Å². The van der Waals surface area contributed by atoms with Crippen LogP contribution in [0.2, 0.25) is 0 Å². The number of nitrogens with zero attached hydrogens (tertiary/aromatic N) is 3. The fraction of sp³-hybridized carbons (Fsp3) is 0.516. The molecule has 4 atom stereocenters. The number of fused-ring (bicyclic) bond motifs is 4. The van der Waals surface area contributed by atoms with Crippen LogP contribution in [0.25, 0.3) is 17.0 Å². The maximum Gasteiger partial charge on any atom is 0.258 e. The van der Waals surface area contributed by atoms with Crippen molar-refractivity contribution in [2.45, 2.75) is 78.6 Å². The maximum atomic E-state index is 13.7. The number of rotatable bonds is 1. The lowest BCUT2D eigenvalue weighted by molar-refractivity contribution is -0.147. The summed E-state index contributed by atoms with van der Waals surface area (Å²) in [5, 5.41) is 8.21. The van der Waals surface area contributed by atoms with Crippen molar-refractivity contribution in [3.05, 3.63) is 47.7 Å². The Morgan fingerprint density at radius 2 is 1.66 bits per heavy atom. The predicted octanol–water partition coefficient (Wildman–Crippen LogP) is 2.95. The van der Waals surface area contributed by atoms with E-state index in [4.69, 9.17) is 4.98 Å². The van der Waals surface area contributed by atoms with Gasteiger partial charge in [-0.05, 0) is 64.2 Å². The first-order valence-electron chi connectivity index (χ1n) is 14.3. The summed E-state index contributed by atoms with van der Waals surface area (Å²) >= 11 is 0. The molecule has 0 radical (unpaired) electrons. The van der Waals surface area contributed by atoms with E-state index in [9.17, 15) is 19.2 Å². The molecule has 10 heteroatoms. The van der Waals surface area contributed by atoms with Crippen molar-refractivity contribution in [1.82, 2.24) is 31.0 Å². The molecule has 1 aromatic heterocycles. The van der Waals surface area contributed by atoms with Gasteiger partial charge in [-0.2, -0.15) is 0 Å². The van der Waals surface area contributed by atoms with Gasteiger partial charge in [0.25, 0.3) is 5.91 Å². The molecule has 10 nitrogen and oxygen atoms in total. The van der Waals surface area contributed by atoms with Crippen LogP contribution in [-0.4, -0.2) is 70.2 Å². The van der Waals surface area contributed by atoms with Crippen molar-refractivity contribution in [3.63, 3.8) is 0 Å². The van der Waals surface area contributed by atoms with Gasteiger partial charge in [-0.15, -0.1) is 0 Å². The monoisotopic (exact) mass is 562 g/mol. The van der Waals surface area contributed by atoms with Gasteiger partial charge < -0.3 is 15.5 Å². The molecule has 3 N–H and O–H groups in total. The van der Waals surface area contributed by atoms with Gasteiger partial charge in [-0.3, -0.25) is 29.2 Å². The van der Waals surface area contributed by atoms with E-state index in [0.717, 1.165) is 22.2 Å². The fourth-order valence-corrected chi connectivity index (χ4v) is 5.49. The molecule has 1 saturated heterocycles. The van der Waals surface area contributed by atoms with Gasteiger partial charge in [-0.1, -0.05) is 44.2 Å². The van der Waals surface area contributed by atoms with Gasteiger partial charge in [0.15, 0.2) is 0 Å². The smallest absolute Gasteiger partial charge is 0.258 e. The number of carbonyl (C=O) groups is 4. The maximum absolute atomic E-state index is 13.7. The molecule has 0 spiro atoms. The van der Waals surface area contributed by atoms with Gasteiger partial charge in [-0.25, -0.2) is 5.43 Å². The predicted molar refractivity (Wildman–Crippen MR) is 158 cm³/mol. The van der Waals surface area contributed by atoms with E-state index in [1.165, 1.54) is 9.91 Å². The van der Waals surface area contributed by atoms with E-state index >= 15 is 0 Å². The molecule has 1 aromatic carbocycles. The largest absolute Gasteiger partial charge is 0.347 e. The number of carbonyl (C=O) groups excluding carboxylic acids is 4. The molecule has 2 aromatic rings. The van der Waals surface area contributed by atoms with E-state index in [2.05, 4.69) is 16.1 Å². The summed E-state index contributed by atoms with van der Waals surface area (Å²) in [7, 11) is 1.63. The second-order valence-corrected chi connectivity index (χ2v) is 12.1. The number of benzene rings is 1. The summed E-state index contributed by atoms with van der Waals surface area (Å²) in [4.78, 5) is 59.9. The molecular weight excluding hydrogens is 520 g/mol. The molecule has 1 fully saturated rings. The average molecular weight is 563 g/mol. The highest BCUT2D eigenvalue weighted by Crippen LogP contribution is 2.26. The Balaban J connectivity index is 1.74. The van der Waals surface area contributed by atoms with E-state index in [-0.39, 0.29) is 29.7 Å². The molecule has 4 rings (SSSR count). The minimum Gasteiger partial charge on any atom is -0.347 e. The Labute approximate surface area is 241 Å². The number of nitrogens with one attached hydrogen (secondary N) is 3. The molecule has 0 aliphatic carbocycles. The minimum absolute atomic E-state index is 0.198. The SMILES string of the molecule is CC(C)[C@H]1C(=O)N[C@@H](C)C(=O)N2CCC[C@H](N2)C(=O)N[C@H](C)c2ccc3ccc(cc3n2)C=CC(C)(C)C(=O)N1C. The summed E-state index contributed by atoms with van der Waals surface area (Å²) in [6.07, 6.45) is 4.93. The van der Waals surface area contributed by atoms with Gasteiger partial charge >= 0.3 is 0 Å². The number of amides is 4. The van der Waals surface area contributed by atoms with Crippen LogP contribution in [0.1, 0.15) is 71.7 Å². The molecule has 2 aliphatic heterocycles. The normalized spacial score (nSPS) is 26.3. The molecule has 5 bridgehead atoms. The van der Waals surface area contributed by atoms with Crippen molar-refractivity contribution >= 4 is 40.6 Å². The highest BCUT2D eigenvalue weighted by atomic mass is 16.2. The minimum atomic E-state index is -0.905. The van der Waals surface area contributed by atoms with Crippen molar-refractivity contribution in [3.8, 4) is 0 Å². The Bertz CT molecular complexity index is 1370. The van der Waals surface area contributed by atoms with Gasteiger partial charge in [0.1, 0.15) is 18.1 Å². The molecule has 220 valence electrons. The quantitative estimate of drug-likeness (QED) is 0.491. The Kier molecular flexibility index (Phi) is 8.82. The molecule has 4 amide bonds. The molecule has 2 aliphatic rings. The molecule has 41 heavy (non-hydrogen) atoms. The molecule has 3 heterocycles. The number of likely N-dealkylation sites (N-methyl/N-ethyl adjacent to an activating group) is 1. The van der Waals surface area contributed by atoms with Crippen LogP contribution in [0.3, 0.4) is 0 Å². The van der Waals surface area contributed by atoms with E-state index in [0.29, 0.717) is 19.4 Å². The second kappa shape index (κ2) is 12.0. The molecule has 0 unspecified atom stereocenters. The van der Waals surface area contributed by atoms with Gasteiger partial charge in [0, 0.05) is 19.0 Å². The van der Waals surface area contributed by atoms with Crippen LogP contribution >= 0.6 is 0 Å². The number of hydrogen-bond acceptors (Lipinski definition) is 6. The van der Waals surface area contributed by atoms with Crippen LogP contribution in [-0.2, 0) is 19.2 Å². The summed E-state index contributed by atoms with van der Waals surface area (Å²) in [6.45, 7) is 11.3. The first-order chi connectivity index (χ1) is 19.3. The number of aromatic nitrogens is 1. The lowest BCUT2D eigenvalue weighted by atomic mass is 9.88. The summed E-state index contributed by atoms with van der Waals surface area (Å²) < 4.78 is 0. The fourth-order valence-electron chi connectivity index (χ4n) is 5.49. The van der Waals surface area contributed by atoms with Crippen molar-refractivity contribution in [1.29, 1.82) is 0 Å². The summed E-state index contributed by atoms with van der Waals surface area (Å²) in [5.41, 5.74) is 4.52. The summed E-state index contributed by atoms with van der Waals surface area (Å²) in [6, 6.07) is 7.18. The third kappa shape index (κ3) is 6.59. The number of hydrogen-bond donors (Lipinski definition) is 3. The highest BCUT2D eigenvalue weighted by molar-refractivity contribution is 5.94. The lowest BCUT2D eigenvalue weighted by Crippen LogP contribution is -2.62. The van der Waals surface area contributed by atoms with E-state index in [1.54, 1.807) is 14.0 Å². The Morgan fingerprint density at radius 1 is 0.976 bits per heavy atom. The third-order valence-corrected chi connectivity index (χ3v) is 7.92. The Hall–Kier alpha value is -3.79. The van der Waals surface area contributed by atoms with Gasteiger partial charge in [0.05, 0.1) is 22.7 Å². The van der Waals surface area contributed by atoms with Crippen LogP contribution < -0.4 is 16.1 Å². The number of hydrazine groups is 1. The second-order valence-electron chi connectivity index (χ2n) is 12.1. The molecule has 0 saturated carbocycles. The molecular formula is C31H42N6O4. The van der Waals surface area contributed by atoms with Crippen molar-refractivity contribution in [2.24, 2.45) is 11.3 Å². The zero-order valence-electron chi connectivity index (χ0n) is 25.0. The van der Waals surface area contributed by atoms with Crippen LogP contribution in [0, 0.1) is 11.3 Å². The van der Waals surface area contributed by atoms with Crippen molar-refractivity contribution < 1.29 is 19.2 Å². The highest BCUT2D eigenvalue weighted by Gasteiger charge is 2.38. The van der Waals surface area contributed by atoms with Crippen LogP contribution in [0.15, 0.2) is 36.4 Å². The number of pyridine rings is 1. The topological polar surface area (TPSA) is 124 Å². The van der Waals surface area contributed by atoms with Crippen LogP contribution in [0.4, 0.5) is 0 Å². The zero-order valence-corrected chi connectivity index (χ0v) is 25.0. The van der Waals surface area contributed by atoms with Crippen molar-refractivity contribution in [2.75, 3.05) is 13.6 Å². The Morgan fingerprint density at radius 3 is 2.37 bits per heavy atom. The van der Waals surface area contributed by atoms with E-state index < -0.39 is 29.4 Å². The average Bonchev–Trinajstić information content (AvgIpc) is 2.94. The van der Waals surface area contributed by atoms with Gasteiger partial charge in [0.2, 0.25) is 17.7 Å². The lowest BCUT2D eigenvalue weighted by Gasteiger charge is -2.37. The standard InChI is InChI=1S/C31H42N6O4/c1-18(2)26-28(39)33-20(4)29(40)37-16-8-9-24(35-37)27(38)32-19(3)23-13-12-22-11-10-21(17-25(22)34-23)14-15-31(5,6)30(41)36(26)7/h10-15,17-20,24,26,35H,8-9,16H2,1-7H3,(H,32,38)(H,33,39)/t19-,20+,24+,26+/m1/s1. The first-order valence-corrected chi connectivity index (χ1v) is 14.3. The van der Waals surface area contributed by atoms with Crippen LogP contribution in [0.5, 0.6) is 0 Å². The third-order valence-electron chi connectivity index (χ3n) is 7.92. The zero-order chi connectivity index (χ0) is 30.1.